The number of nitrogens with zero attached hydrogens (tertiary/aromatic N) is 1. The molecule has 0 aliphatic rings. The molecule has 1 atom stereocenters. The van der Waals surface area contributed by atoms with E-state index in [1.54, 1.807) is 0 Å². The summed E-state index contributed by atoms with van der Waals surface area (Å²) in [6.07, 6.45) is 2.88. The number of fused-ring (bicyclic) bond motifs is 1. The van der Waals surface area contributed by atoms with Gasteiger partial charge >= 0.3 is 0 Å². The minimum atomic E-state index is 0.386. The lowest BCUT2D eigenvalue weighted by molar-refractivity contribution is 0.306. The fourth-order valence-electron chi connectivity index (χ4n) is 3.13. The van der Waals surface area contributed by atoms with Crippen molar-refractivity contribution in [1.82, 2.24) is 9.88 Å². The summed E-state index contributed by atoms with van der Waals surface area (Å²) in [5.41, 5.74) is 6.50. The summed E-state index contributed by atoms with van der Waals surface area (Å²) in [7, 11) is 2.12. The summed E-state index contributed by atoms with van der Waals surface area (Å²) < 4.78 is 8.22. The van der Waals surface area contributed by atoms with E-state index in [0.29, 0.717) is 12.6 Å². The summed E-state index contributed by atoms with van der Waals surface area (Å²) in [5.74, 6) is 0.904. The van der Waals surface area contributed by atoms with Crippen LogP contribution < -0.4 is 10.1 Å². The van der Waals surface area contributed by atoms with Gasteiger partial charge in [-0.1, -0.05) is 36.9 Å². The van der Waals surface area contributed by atoms with Crippen molar-refractivity contribution in [3.8, 4) is 5.75 Å². The molecule has 0 saturated carbocycles. The van der Waals surface area contributed by atoms with Crippen LogP contribution in [0.15, 0.2) is 73.0 Å². The Morgan fingerprint density at radius 1 is 1.19 bits per heavy atom. The third-order valence-corrected chi connectivity index (χ3v) is 4.59. The molecule has 0 spiro atoms. The van der Waals surface area contributed by atoms with Gasteiger partial charge in [0.15, 0.2) is 0 Å². The van der Waals surface area contributed by atoms with Crippen molar-refractivity contribution >= 4 is 10.9 Å². The van der Waals surface area contributed by atoms with Gasteiger partial charge in [0.1, 0.15) is 12.4 Å². The lowest BCUT2D eigenvalue weighted by Crippen LogP contribution is -2.28. The summed E-state index contributed by atoms with van der Waals surface area (Å²) in [4.78, 5) is 0. The molecular formula is C23H26N2O. The Balaban J connectivity index is 1.70. The second kappa shape index (κ2) is 8.57. The van der Waals surface area contributed by atoms with Gasteiger partial charge in [0, 0.05) is 42.7 Å². The Morgan fingerprint density at radius 3 is 2.77 bits per heavy atom. The van der Waals surface area contributed by atoms with Crippen LogP contribution in [0.4, 0.5) is 0 Å². The standard InChI is InChI=1S/C23H26N2O/c1-4-5-13-24-18(2)14-21-15-20-16-22(11-12-23(20)25(21)3)26-17-19-9-7-6-8-10-19/h5-12,15-16,18,24H,1,13-14,17H2,2-3H3. The van der Waals surface area contributed by atoms with Gasteiger partial charge in [-0.15, -0.1) is 5.73 Å². The SMILES string of the molecule is C=C=CCNC(C)Cc1cc2cc(OCc3ccccc3)ccc2n1C. The van der Waals surface area contributed by atoms with Crippen molar-refractivity contribution in [2.45, 2.75) is 26.0 Å². The Labute approximate surface area is 155 Å². The molecule has 0 bridgehead atoms. The van der Waals surface area contributed by atoms with E-state index in [2.05, 4.69) is 66.5 Å². The van der Waals surface area contributed by atoms with Crippen LogP contribution >= 0.6 is 0 Å². The molecule has 0 aliphatic heterocycles. The smallest absolute Gasteiger partial charge is 0.120 e. The fraction of sp³-hybridized carbons (Fsp3) is 0.261. The number of aryl methyl sites for hydroxylation is 1. The lowest BCUT2D eigenvalue weighted by Gasteiger charge is -2.13. The zero-order valence-electron chi connectivity index (χ0n) is 15.5. The predicted molar refractivity (Wildman–Crippen MR) is 109 cm³/mol. The molecule has 1 N–H and O–H groups in total. The molecule has 0 saturated heterocycles. The van der Waals surface area contributed by atoms with Crippen LogP contribution in [0.25, 0.3) is 10.9 Å². The Kier molecular flexibility index (Phi) is 5.96. The van der Waals surface area contributed by atoms with E-state index in [-0.39, 0.29) is 0 Å². The summed E-state index contributed by atoms with van der Waals surface area (Å²) >= 11 is 0. The maximum atomic E-state index is 5.96. The number of ether oxygens (including phenoxy) is 1. The first-order chi connectivity index (χ1) is 12.7. The molecule has 2 aromatic carbocycles. The van der Waals surface area contributed by atoms with Crippen LogP contribution in [0.5, 0.6) is 5.75 Å². The van der Waals surface area contributed by atoms with E-state index in [4.69, 9.17) is 4.74 Å². The molecule has 3 heteroatoms. The maximum Gasteiger partial charge on any atom is 0.120 e. The zero-order valence-corrected chi connectivity index (χ0v) is 15.5. The fourth-order valence-corrected chi connectivity index (χ4v) is 3.13. The second-order valence-corrected chi connectivity index (χ2v) is 6.61. The highest BCUT2D eigenvalue weighted by Gasteiger charge is 2.10. The molecule has 1 unspecified atom stereocenters. The highest BCUT2D eigenvalue weighted by molar-refractivity contribution is 5.82. The summed E-state index contributed by atoms with van der Waals surface area (Å²) in [6, 6.07) is 19.2. The third kappa shape index (κ3) is 4.45. The molecular weight excluding hydrogens is 320 g/mol. The van der Waals surface area contributed by atoms with Gasteiger partial charge in [-0.25, -0.2) is 0 Å². The number of benzene rings is 2. The topological polar surface area (TPSA) is 26.2 Å². The molecule has 3 nitrogen and oxygen atoms in total. The number of aromatic nitrogens is 1. The third-order valence-electron chi connectivity index (χ3n) is 4.59. The average molecular weight is 346 g/mol. The minimum Gasteiger partial charge on any atom is -0.489 e. The van der Waals surface area contributed by atoms with E-state index in [0.717, 1.165) is 18.7 Å². The van der Waals surface area contributed by atoms with Gasteiger partial charge in [-0.3, -0.25) is 0 Å². The van der Waals surface area contributed by atoms with Gasteiger partial charge in [0.05, 0.1) is 0 Å². The normalized spacial score (nSPS) is 11.9. The van der Waals surface area contributed by atoms with Gasteiger partial charge in [-0.2, -0.15) is 0 Å². The predicted octanol–water partition coefficient (Wildman–Crippen LogP) is 4.62. The average Bonchev–Trinajstić information content (AvgIpc) is 2.96. The molecule has 0 aliphatic carbocycles. The molecule has 134 valence electrons. The van der Waals surface area contributed by atoms with E-state index in [1.807, 2.05) is 30.3 Å². The molecule has 3 rings (SSSR count). The Bertz CT molecular complexity index is 905. The first-order valence-corrected chi connectivity index (χ1v) is 9.00. The van der Waals surface area contributed by atoms with Gasteiger partial charge < -0.3 is 14.6 Å². The molecule has 1 heterocycles. The monoisotopic (exact) mass is 346 g/mol. The number of hydrogen-bond donors (Lipinski definition) is 1. The minimum absolute atomic E-state index is 0.386. The quantitative estimate of drug-likeness (QED) is 0.602. The molecule has 0 amide bonds. The van der Waals surface area contributed by atoms with Crippen molar-refractivity contribution in [2.75, 3.05) is 6.54 Å². The number of hydrogen-bond acceptors (Lipinski definition) is 2. The van der Waals surface area contributed by atoms with E-state index in [1.165, 1.54) is 22.2 Å². The lowest BCUT2D eigenvalue weighted by atomic mass is 10.1. The van der Waals surface area contributed by atoms with E-state index >= 15 is 0 Å². The van der Waals surface area contributed by atoms with Crippen LogP contribution in [0.3, 0.4) is 0 Å². The molecule has 26 heavy (non-hydrogen) atoms. The van der Waals surface area contributed by atoms with E-state index < -0.39 is 0 Å². The summed E-state index contributed by atoms with van der Waals surface area (Å²) in [6.45, 7) is 7.17. The highest BCUT2D eigenvalue weighted by atomic mass is 16.5. The van der Waals surface area contributed by atoms with Crippen molar-refractivity contribution in [2.24, 2.45) is 7.05 Å². The van der Waals surface area contributed by atoms with Crippen LogP contribution in [-0.4, -0.2) is 17.2 Å². The van der Waals surface area contributed by atoms with Gasteiger partial charge in [-0.05, 0) is 42.8 Å². The van der Waals surface area contributed by atoms with Crippen LogP contribution in [0.2, 0.25) is 0 Å². The second-order valence-electron chi connectivity index (χ2n) is 6.61. The number of rotatable bonds is 8. The Morgan fingerprint density at radius 2 is 2.00 bits per heavy atom. The van der Waals surface area contributed by atoms with Gasteiger partial charge in [0.2, 0.25) is 0 Å². The molecule has 1 aromatic heterocycles. The van der Waals surface area contributed by atoms with Crippen molar-refractivity contribution < 1.29 is 4.74 Å². The Hall–Kier alpha value is -2.74. The molecule has 0 radical (unpaired) electrons. The van der Waals surface area contributed by atoms with Crippen LogP contribution in [0, 0.1) is 0 Å². The van der Waals surface area contributed by atoms with Gasteiger partial charge in [0.25, 0.3) is 0 Å². The molecule has 3 aromatic rings. The zero-order chi connectivity index (χ0) is 18.4. The highest BCUT2D eigenvalue weighted by Crippen LogP contribution is 2.25. The molecule has 0 fully saturated rings. The van der Waals surface area contributed by atoms with Crippen molar-refractivity contribution in [1.29, 1.82) is 0 Å². The first-order valence-electron chi connectivity index (χ1n) is 9.00. The summed E-state index contributed by atoms with van der Waals surface area (Å²) in [5, 5.41) is 4.67. The van der Waals surface area contributed by atoms with Crippen LogP contribution in [0.1, 0.15) is 18.2 Å². The van der Waals surface area contributed by atoms with Crippen LogP contribution in [-0.2, 0) is 20.1 Å². The first kappa shape index (κ1) is 18.1. The largest absolute Gasteiger partial charge is 0.489 e. The van der Waals surface area contributed by atoms with Crippen molar-refractivity contribution in [3.63, 3.8) is 0 Å². The number of nitrogens with one attached hydrogen (secondary N) is 1. The van der Waals surface area contributed by atoms with Crippen molar-refractivity contribution in [3.05, 3.63) is 84.2 Å². The van der Waals surface area contributed by atoms with E-state index in [9.17, 15) is 0 Å². The maximum absolute atomic E-state index is 5.96.